The number of nitrogens with zero attached hydrogens (tertiary/aromatic N) is 5. The van der Waals surface area contributed by atoms with Gasteiger partial charge in [-0.15, -0.1) is 0 Å². The summed E-state index contributed by atoms with van der Waals surface area (Å²) in [5.74, 6) is -1.43. The Balaban J connectivity index is 1.87. The van der Waals surface area contributed by atoms with Crippen LogP contribution in [-0.2, 0) is 9.59 Å². The molecule has 4 amide bonds. The molecule has 0 unspecified atom stereocenters. The predicted molar refractivity (Wildman–Crippen MR) is 124 cm³/mol. The minimum absolute atomic E-state index is 0.0435. The van der Waals surface area contributed by atoms with Gasteiger partial charge in [0.05, 0.1) is 4.92 Å². The zero-order valence-corrected chi connectivity index (χ0v) is 19.1. The van der Waals surface area contributed by atoms with Gasteiger partial charge in [-0.2, -0.15) is 0 Å². The highest BCUT2D eigenvalue weighted by Gasteiger charge is 2.38. The summed E-state index contributed by atoms with van der Waals surface area (Å²) in [7, 11) is 2.63. The number of likely N-dealkylation sites (N-methyl/N-ethyl adjacent to an activating group) is 2. The number of imide groups is 2. The number of rotatable bonds is 4. The molecule has 4 rings (SSSR count). The maximum absolute atomic E-state index is 12.8. The van der Waals surface area contributed by atoms with Crippen molar-refractivity contribution in [1.82, 2.24) is 9.80 Å². The number of barbiturate groups is 1. The highest BCUT2D eigenvalue weighted by Crippen LogP contribution is 2.39. The van der Waals surface area contributed by atoms with Gasteiger partial charge in [0.15, 0.2) is 0 Å². The summed E-state index contributed by atoms with van der Waals surface area (Å²) >= 11 is 0. The van der Waals surface area contributed by atoms with Gasteiger partial charge in [-0.3, -0.25) is 29.5 Å². The Morgan fingerprint density at radius 1 is 0.788 bits per heavy atom. The Kier molecular flexibility index (Phi) is 6.35. The number of anilines is 2. The van der Waals surface area contributed by atoms with Crippen molar-refractivity contribution in [3.8, 4) is 0 Å². The van der Waals surface area contributed by atoms with Crippen LogP contribution >= 0.6 is 0 Å². The molecule has 3 heterocycles. The summed E-state index contributed by atoms with van der Waals surface area (Å²) < 4.78 is 0. The van der Waals surface area contributed by atoms with Crippen LogP contribution in [0.15, 0.2) is 17.7 Å². The predicted octanol–water partition coefficient (Wildman–Crippen LogP) is 3.01. The van der Waals surface area contributed by atoms with Gasteiger partial charge < -0.3 is 9.80 Å². The largest absolute Gasteiger partial charge is 0.371 e. The lowest BCUT2D eigenvalue weighted by Crippen LogP contribution is -2.52. The Hall–Kier alpha value is -3.43. The Labute approximate surface area is 192 Å². The van der Waals surface area contributed by atoms with Crippen LogP contribution in [-0.4, -0.2) is 72.8 Å². The summed E-state index contributed by atoms with van der Waals surface area (Å²) in [6.07, 6.45) is 7.61. The Morgan fingerprint density at radius 2 is 1.27 bits per heavy atom. The summed E-state index contributed by atoms with van der Waals surface area (Å²) in [6, 6.07) is 2.61. The van der Waals surface area contributed by atoms with Crippen molar-refractivity contribution in [2.75, 3.05) is 50.1 Å². The first-order valence-electron chi connectivity index (χ1n) is 11.4. The first-order valence-corrected chi connectivity index (χ1v) is 11.4. The molecule has 0 saturated carbocycles. The van der Waals surface area contributed by atoms with E-state index in [1.807, 2.05) is 6.07 Å². The first kappa shape index (κ1) is 22.8. The summed E-state index contributed by atoms with van der Waals surface area (Å²) in [6.45, 7) is 3.12. The zero-order chi connectivity index (χ0) is 23.7. The molecular weight excluding hydrogens is 426 g/mol. The number of piperidine rings is 2. The molecule has 3 aliphatic heterocycles. The third-order valence-corrected chi connectivity index (χ3v) is 6.66. The van der Waals surface area contributed by atoms with Crippen molar-refractivity contribution in [3.05, 3.63) is 33.4 Å². The molecule has 10 nitrogen and oxygen atoms in total. The average molecular weight is 456 g/mol. The standard InChI is InChI=1S/C23H29N5O5/c1-24-21(29)17(22(30)25(2)23(24)31)13-16-14-20(28(32)33)19(27-11-7-4-8-12-27)15-18(16)26-9-5-3-6-10-26/h13-15H,3-12H2,1-2H3. The van der Waals surface area contributed by atoms with E-state index in [1.54, 1.807) is 0 Å². The Morgan fingerprint density at radius 3 is 1.76 bits per heavy atom. The van der Waals surface area contributed by atoms with Crippen molar-refractivity contribution in [3.63, 3.8) is 0 Å². The van der Waals surface area contributed by atoms with Crippen LogP contribution in [0.3, 0.4) is 0 Å². The Bertz CT molecular complexity index is 998. The minimum Gasteiger partial charge on any atom is -0.371 e. The molecular formula is C23H29N5O5. The van der Waals surface area contributed by atoms with Crippen molar-refractivity contribution in [1.29, 1.82) is 0 Å². The quantitative estimate of drug-likeness (QED) is 0.297. The highest BCUT2D eigenvalue weighted by molar-refractivity contribution is 6.30. The van der Waals surface area contributed by atoms with E-state index in [-0.39, 0.29) is 11.3 Å². The van der Waals surface area contributed by atoms with Gasteiger partial charge in [0.2, 0.25) is 0 Å². The number of carbonyl (C=O) groups excluding carboxylic acids is 3. The number of carbonyl (C=O) groups is 3. The fraction of sp³-hybridized carbons (Fsp3) is 0.522. The second-order valence-corrected chi connectivity index (χ2v) is 8.82. The highest BCUT2D eigenvalue weighted by atomic mass is 16.6. The molecule has 3 aliphatic rings. The lowest BCUT2D eigenvalue weighted by Gasteiger charge is -2.33. The number of amides is 4. The number of hydrogen-bond donors (Lipinski definition) is 0. The molecule has 10 heteroatoms. The van der Waals surface area contributed by atoms with E-state index in [2.05, 4.69) is 9.80 Å². The van der Waals surface area contributed by atoms with Gasteiger partial charge >= 0.3 is 6.03 Å². The second kappa shape index (κ2) is 9.21. The molecule has 3 fully saturated rings. The van der Waals surface area contributed by atoms with Crippen LogP contribution in [0.4, 0.5) is 21.9 Å². The summed E-state index contributed by atoms with van der Waals surface area (Å²) in [5.41, 5.74) is 1.57. The zero-order valence-electron chi connectivity index (χ0n) is 19.1. The maximum atomic E-state index is 12.8. The molecule has 0 atom stereocenters. The van der Waals surface area contributed by atoms with Crippen molar-refractivity contribution in [2.45, 2.75) is 38.5 Å². The smallest absolute Gasteiger partial charge is 0.333 e. The molecule has 3 saturated heterocycles. The normalized spacial score (nSPS) is 19.9. The van der Waals surface area contributed by atoms with Gasteiger partial charge in [-0.25, -0.2) is 4.79 Å². The van der Waals surface area contributed by atoms with Gasteiger partial charge in [0.25, 0.3) is 17.5 Å². The number of hydrogen-bond acceptors (Lipinski definition) is 7. The van der Waals surface area contributed by atoms with Crippen LogP contribution in [0.25, 0.3) is 6.08 Å². The molecule has 0 radical (unpaired) electrons. The second-order valence-electron chi connectivity index (χ2n) is 8.82. The minimum atomic E-state index is -0.713. The molecule has 0 bridgehead atoms. The van der Waals surface area contributed by atoms with Gasteiger partial charge in [-0.1, -0.05) is 0 Å². The van der Waals surface area contributed by atoms with Crippen LogP contribution in [0, 0.1) is 10.1 Å². The molecule has 1 aromatic rings. The van der Waals surface area contributed by atoms with Crippen LogP contribution in [0.5, 0.6) is 0 Å². The molecule has 0 N–H and O–H groups in total. The number of urea groups is 1. The lowest BCUT2D eigenvalue weighted by molar-refractivity contribution is -0.384. The maximum Gasteiger partial charge on any atom is 0.333 e. The SMILES string of the molecule is CN1C(=O)C(=Cc2cc([N+](=O)[O-])c(N3CCCCC3)cc2N2CCCCC2)C(=O)N(C)C1=O. The van der Waals surface area contributed by atoms with Crippen LogP contribution < -0.4 is 9.80 Å². The molecule has 1 aromatic carbocycles. The van der Waals surface area contributed by atoms with E-state index in [0.29, 0.717) is 11.3 Å². The number of nitro benzene ring substituents is 1. The van der Waals surface area contributed by atoms with E-state index >= 15 is 0 Å². The molecule has 0 aromatic heterocycles. The first-order chi connectivity index (χ1) is 15.8. The molecule has 33 heavy (non-hydrogen) atoms. The summed E-state index contributed by atoms with van der Waals surface area (Å²) in [5, 5.41) is 12.0. The fourth-order valence-corrected chi connectivity index (χ4v) is 4.77. The monoisotopic (exact) mass is 455 g/mol. The average Bonchev–Trinajstić information content (AvgIpc) is 2.84. The third-order valence-electron chi connectivity index (χ3n) is 6.66. The van der Waals surface area contributed by atoms with Gasteiger partial charge in [0.1, 0.15) is 11.3 Å². The lowest BCUT2D eigenvalue weighted by atomic mass is 10.0. The van der Waals surface area contributed by atoms with E-state index in [4.69, 9.17) is 0 Å². The molecule has 0 spiro atoms. The van der Waals surface area contributed by atoms with E-state index in [0.717, 1.165) is 80.2 Å². The molecule has 0 aliphatic carbocycles. The topological polar surface area (TPSA) is 107 Å². The van der Waals surface area contributed by atoms with Crippen molar-refractivity contribution < 1.29 is 19.3 Å². The van der Waals surface area contributed by atoms with Crippen LogP contribution in [0.1, 0.15) is 44.1 Å². The third kappa shape index (κ3) is 4.29. The summed E-state index contributed by atoms with van der Waals surface area (Å²) in [4.78, 5) is 55.2. The van der Waals surface area contributed by atoms with Gasteiger partial charge in [-0.05, 0) is 50.7 Å². The van der Waals surface area contributed by atoms with E-state index in [9.17, 15) is 24.5 Å². The fourth-order valence-electron chi connectivity index (χ4n) is 4.77. The number of nitro groups is 1. The van der Waals surface area contributed by atoms with E-state index < -0.39 is 22.8 Å². The van der Waals surface area contributed by atoms with Crippen LogP contribution in [0.2, 0.25) is 0 Å². The van der Waals surface area contributed by atoms with Crippen molar-refractivity contribution >= 4 is 41.0 Å². The number of benzene rings is 1. The van der Waals surface area contributed by atoms with Crippen molar-refractivity contribution in [2.24, 2.45) is 0 Å². The van der Waals surface area contributed by atoms with Gasteiger partial charge in [0, 0.05) is 57.6 Å². The molecule has 176 valence electrons. The van der Waals surface area contributed by atoms with E-state index in [1.165, 1.54) is 26.2 Å².